The Morgan fingerprint density at radius 1 is 1.21 bits per heavy atom. The first-order valence-corrected chi connectivity index (χ1v) is 7.32. The van der Waals surface area contributed by atoms with E-state index in [4.69, 9.17) is 4.74 Å². The molecular weight excluding hydrogens is 256 g/mol. The van der Waals surface area contributed by atoms with Crippen LogP contribution >= 0.6 is 11.3 Å². The topological polar surface area (TPSA) is 26.3 Å². The van der Waals surface area contributed by atoms with Crippen LogP contribution in [0, 0.1) is 0 Å². The molecule has 2 aromatic rings. The molecule has 100 valence electrons. The van der Waals surface area contributed by atoms with Crippen molar-refractivity contribution in [1.82, 2.24) is 0 Å². The van der Waals surface area contributed by atoms with Gasteiger partial charge in [-0.05, 0) is 44.5 Å². The standard InChI is InChI=1S/C16H18O2S/c1-4-12-9-10-15(19-12)16(17)13-7-5-6-8-14(13)18-11(2)3/h5-11H,4H2,1-3H3. The Kier molecular flexibility index (Phi) is 4.38. The number of thiophene rings is 1. The fourth-order valence-electron chi connectivity index (χ4n) is 1.83. The predicted molar refractivity (Wildman–Crippen MR) is 79.3 cm³/mol. The summed E-state index contributed by atoms with van der Waals surface area (Å²) in [5, 5.41) is 0. The van der Waals surface area contributed by atoms with E-state index in [1.165, 1.54) is 4.88 Å². The van der Waals surface area contributed by atoms with Gasteiger partial charge in [0.2, 0.25) is 5.78 Å². The maximum Gasteiger partial charge on any atom is 0.206 e. The van der Waals surface area contributed by atoms with E-state index in [-0.39, 0.29) is 11.9 Å². The lowest BCUT2D eigenvalue weighted by Gasteiger charge is -2.12. The maximum absolute atomic E-state index is 12.5. The third-order valence-corrected chi connectivity index (χ3v) is 3.96. The first-order chi connectivity index (χ1) is 9.11. The summed E-state index contributed by atoms with van der Waals surface area (Å²) < 4.78 is 5.70. The van der Waals surface area contributed by atoms with Gasteiger partial charge in [-0.3, -0.25) is 4.79 Å². The summed E-state index contributed by atoms with van der Waals surface area (Å²) in [4.78, 5) is 14.5. The summed E-state index contributed by atoms with van der Waals surface area (Å²) >= 11 is 1.56. The van der Waals surface area contributed by atoms with E-state index in [2.05, 4.69) is 6.92 Å². The molecule has 1 aromatic heterocycles. The normalized spacial score (nSPS) is 10.7. The number of aryl methyl sites for hydroxylation is 1. The third-order valence-electron chi connectivity index (χ3n) is 2.73. The molecule has 0 spiro atoms. The minimum absolute atomic E-state index is 0.0425. The van der Waals surface area contributed by atoms with Crippen molar-refractivity contribution >= 4 is 17.1 Å². The Labute approximate surface area is 118 Å². The molecule has 19 heavy (non-hydrogen) atoms. The van der Waals surface area contributed by atoms with E-state index in [0.717, 1.165) is 11.3 Å². The number of benzene rings is 1. The van der Waals surface area contributed by atoms with Crippen molar-refractivity contribution in [2.75, 3.05) is 0 Å². The Morgan fingerprint density at radius 2 is 1.95 bits per heavy atom. The molecule has 0 bridgehead atoms. The van der Waals surface area contributed by atoms with Crippen LogP contribution in [0.5, 0.6) is 5.75 Å². The third kappa shape index (κ3) is 3.24. The average Bonchev–Trinajstić information content (AvgIpc) is 2.86. The van der Waals surface area contributed by atoms with Crippen molar-refractivity contribution in [3.8, 4) is 5.75 Å². The number of rotatable bonds is 5. The van der Waals surface area contributed by atoms with Crippen molar-refractivity contribution in [3.63, 3.8) is 0 Å². The second-order valence-electron chi connectivity index (χ2n) is 4.61. The summed E-state index contributed by atoms with van der Waals surface area (Å²) in [6, 6.07) is 11.4. The van der Waals surface area contributed by atoms with Gasteiger partial charge in [0.15, 0.2) is 0 Å². The highest BCUT2D eigenvalue weighted by atomic mass is 32.1. The quantitative estimate of drug-likeness (QED) is 0.759. The summed E-state index contributed by atoms with van der Waals surface area (Å²) in [5.74, 6) is 0.704. The molecule has 0 amide bonds. The smallest absolute Gasteiger partial charge is 0.206 e. The summed E-state index contributed by atoms with van der Waals surface area (Å²) in [7, 11) is 0. The number of ketones is 1. The van der Waals surface area contributed by atoms with Gasteiger partial charge in [-0.1, -0.05) is 19.1 Å². The van der Waals surface area contributed by atoms with Gasteiger partial charge in [-0.2, -0.15) is 0 Å². The molecule has 1 aromatic carbocycles. The number of hydrogen-bond acceptors (Lipinski definition) is 3. The monoisotopic (exact) mass is 274 g/mol. The first-order valence-electron chi connectivity index (χ1n) is 6.51. The van der Waals surface area contributed by atoms with Crippen molar-refractivity contribution in [1.29, 1.82) is 0 Å². The molecular formula is C16H18O2S. The summed E-state index contributed by atoms with van der Waals surface area (Å²) in [5.41, 5.74) is 0.640. The second kappa shape index (κ2) is 6.02. The van der Waals surface area contributed by atoms with Crippen LogP contribution < -0.4 is 4.74 Å². The molecule has 0 radical (unpaired) electrons. The molecule has 2 nitrogen and oxygen atoms in total. The molecule has 0 N–H and O–H groups in total. The number of carbonyl (C=O) groups is 1. The zero-order chi connectivity index (χ0) is 13.8. The first kappa shape index (κ1) is 13.8. The molecule has 2 rings (SSSR count). The zero-order valence-electron chi connectivity index (χ0n) is 11.5. The SMILES string of the molecule is CCc1ccc(C(=O)c2ccccc2OC(C)C)s1. The minimum atomic E-state index is 0.0425. The van der Waals surface area contributed by atoms with Gasteiger partial charge in [0.25, 0.3) is 0 Å². The molecule has 3 heteroatoms. The molecule has 0 fully saturated rings. The maximum atomic E-state index is 12.5. The molecule has 0 saturated carbocycles. The molecule has 0 aliphatic heterocycles. The van der Waals surface area contributed by atoms with Crippen LogP contribution in [0.15, 0.2) is 36.4 Å². The number of para-hydroxylation sites is 1. The lowest BCUT2D eigenvalue weighted by atomic mass is 10.1. The van der Waals surface area contributed by atoms with E-state index in [1.807, 2.05) is 50.2 Å². The van der Waals surface area contributed by atoms with E-state index in [9.17, 15) is 4.79 Å². The van der Waals surface area contributed by atoms with Crippen molar-refractivity contribution in [3.05, 3.63) is 51.7 Å². The molecule has 0 saturated heterocycles. The Bertz CT molecular complexity index is 570. The van der Waals surface area contributed by atoms with E-state index in [0.29, 0.717) is 11.3 Å². The summed E-state index contributed by atoms with van der Waals surface area (Å²) in [6.07, 6.45) is 1.02. The lowest BCUT2D eigenvalue weighted by Crippen LogP contribution is -2.10. The van der Waals surface area contributed by atoms with E-state index in [1.54, 1.807) is 11.3 Å². The van der Waals surface area contributed by atoms with Crippen LogP contribution in [0.1, 0.15) is 40.9 Å². The van der Waals surface area contributed by atoms with Crippen molar-refractivity contribution in [2.24, 2.45) is 0 Å². The highest BCUT2D eigenvalue weighted by molar-refractivity contribution is 7.14. The van der Waals surface area contributed by atoms with Crippen molar-refractivity contribution < 1.29 is 9.53 Å². The largest absolute Gasteiger partial charge is 0.490 e. The molecule has 1 heterocycles. The van der Waals surface area contributed by atoms with Crippen LogP contribution in [-0.2, 0) is 6.42 Å². The van der Waals surface area contributed by atoms with Crippen LogP contribution in [0.3, 0.4) is 0 Å². The van der Waals surface area contributed by atoms with Gasteiger partial charge in [0.1, 0.15) is 5.75 Å². The Morgan fingerprint density at radius 3 is 2.58 bits per heavy atom. The fourth-order valence-corrected chi connectivity index (χ4v) is 2.74. The van der Waals surface area contributed by atoms with E-state index < -0.39 is 0 Å². The minimum Gasteiger partial charge on any atom is -0.490 e. The fraction of sp³-hybridized carbons (Fsp3) is 0.312. The van der Waals surface area contributed by atoms with Crippen LogP contribution in [-0.4, -0.2) is 11.9 Å². The van der Waals surface area contributed by atoms with Gasteiger partial charge in [-0.25, -0.2) is 0 Å². The van der Waals surface area contributed by atoms with Crippen LogP contribution in [0.4, 0.5) is 0 Å². The van der Waals surface area contributed by atoms with Gasteiger partial charge in [-0.15, -0.1) is 11.3 Å². The van der Waals surface area contributed by atoms with Crippen molar-refractivity contribution in [2.45, 2.75) is 33.3 Å². The molecule has 0 atom stereocenters. The second-order valence-corrected chi connectivity index (χ2v) is 5.78. The van der Waals surface area contributed by atoms with Crippen LogP contribution in [0.25, 0.3) is 0 Å². The van der Waals surface area contributed by atoms with Gasteiger partial charge in [0, 0.05) is 4.88 Å². The number of hydrogen-bond donors (Lipinski definition) is 0. The molecule has 0 aliphatic carbocycles. The average molecular weight is 274 g/mol. The van der Waals surface area contributed by atoms with E-state index >= 15 is 0 Å². The van der Waals surface area contributed by atoms with Gasteiger partial charge >= 0.3 is 0 Å². The highest BCUT2D eigenvalue weighted by Crippen LogP contribution is 2.26. The molecule has 0 aliphatic rings. The Balaban J connectivity index is 2.32. The summed E-state index contributed by atoms with van der Waals surface area (Å²) in [6.45, 7) is 6.01. The number of carbonyl (C=O) groups excluding carboxylic acids is 1. The van der Waals surface area contributed by atoms with Crippen LogP contribution in [0.2, 0.25) is 0 Å². The number of ether oxygens (including phenoxy) is 1. The molecule has 0 unspecified atom stereocenters. The predicted octanol–water partition coefficient (Wildman–Crippen LogP) is 4.33. The Hall–Kier alpha value is -1.61. The lowest BCUT2D eigenvalue weighted by molar-refractivity contribution is 0.103. The highest BCUT2D eigenvalue weighted by Gasteiger charge is 2.16. The zero-order valence-corrected chi connectivity index (χ0v) is 12.3. The van der Waals surface area contributed by atoms with Gasteiger partial charge in [0.05, 0.1) is 16.5 Å². The van der Waals surface area contributed by atoms with Gasteiger partial charge < -0.3 is 4.74 Å².